The second-order valence-electron chi connectivity index (χ2n) is 7.27. The number of rotatable bonds is 6. The molecule has 0 fully saturated rings. The Balaban J connectivity index is 1.88. The number of anilines is 1. The van der Waals surface area contributed by atoms with Gasteiger partial charge in [0, 0.05) is 16.6 Å². The van der Waals surface area contributed by atoms with Crippen LogP contribution in [0.3, 0.4) is 0 Å². The molecule has 0 spiro atoms. The highest BCUT2D eigenvalue weighted by molar-refractivity contribution is 7.99. The zero-order chi connectivity index (χ0) is 23.3. The molecule has 0 saturated carbocycles. The Morgan fingerprint density at radius 3 is 2.47 bits per heavy atom. The second kappa shape index (κ2) is 9.94. The average molecular weight is 444 g/mol. The topological polar surface area (TPSA) is 96.0 Å². The van der Waals surface area contributed by atoms with Gasteiger partial charge in [0.25, 0.3) is 11.6 Å². The molecule has 0 aromatic heterocycles. The first-order valence-corrected chi connectivity index (χ1v) is 10.6. The minimum atomic E-state index is -0.568. The summed E-state index contributed by atoms with van der Waals surface area (Å²) in [7, 11) is 0. The highest BCUT2D eigenvalue weighted by atomic mass is 32.2. The molecule has 7 heteroatoms. The number of nitrogens with zero attached hydrogens (tertiary/aromatic N) is 2. The molecule has 0 aliphatic carbocycles. The molecule has 3 rings (SSSR count). The average Bonchev–Trinajstić information content (AvgIpc) is 2.77. The van der Waals surface area contributed by atoms with Gasteiger partial charge >= 0.3 is 0 Å². The summed E-state index contributed by atoms with van der Waals surface area (Å²) in [4.78, 5) is 25.2. The fraction of sp³-hybridized carbons (Fsp3) is 0.120. The van der Waals surface area contributed by atoms with Crippen LogP contribution in [0.2, 0.25) is 0 Å². The van der Waals surface area contributed by atoms with Gasteiger partial charge < -0.3 is 5.32 Å². The SMILES string of the molecule is Cc1ccc(Sc2ccc(/C=C(\C#N)C(=O)Nc3cccc(C)c3C)cc2[N+](=O)[O-])cc1. The fourth-order valence-corrected chi connectivity index (χ4v) is 3.88. The van der Waals surface area contributed by atoms with E-state index >= 15 is 0 Å². The van der Waals surface area contributed by atoms with Crippen molar-refractivity contribution in [2.45, 2.75) is 30.6 Å². The van der Waals surface area contributed by atoms with E-state index in [0.29, 0.717) is 16.1 Å². The lowest BCUT2D eigenvalue weighted by molar-refractivity contribution is -0.387. The van der Waals surface area contributed by atoms with Gasteiger partial charge in [0.15, 0.2) is 0 Å². The summed E-state index contributed by atoms with van der Waals surface area (Å²) in [5.74, 6) is -0.568. The van der Waals surface area contributed by atoms with Crippen molar-refractivity contribution in [1.82, 2.24) is 0 Å². The lowest BCUT2D eigenvalue weighted by Gasteiger charge is -2.10. The van der Waals surface area contributed by atoms with Gasteiger partial charge in [0.1, 0.15) is 11.6 Å². The van der Waals surface area contributed by atoms with Gasteiger partial charge in [-0.1, -0.05) is 47.7 Å². The molecule has 0 heterocycles. The number of aryl methyl sites for hydroxylation is 2. The zero-order valence-corrected chi connectivity index (χ0v) is 18.7. The van der Waals surface area contributed by atoms with E-state index in [9.17, 15) is 20.2 Å². The van der Waals surface area contributed by atoms with E-state index in [1.165, 1.54) is 23.9 Å². The summed E-state index contributed by atoms with van der Waals surface area (Å²) in [5.41, 5.74) is 3.82. The maximum atomic E-state index is 12.6. The Bertz CT molecular complexity index is 1260. The Morgan fingerprint density at radius 2 is 1.81 bits per heavy atom. The number of nitriles is 1. The second-order valence-corrected chi connectivity index (χ2v) is 8.39. The van der Waals surface area contributed by atoms with Gasteiger partial charge in [-0.15, -0.1) is 0 Å². The summed E-state index contributed by atoms with van der Waals surface area (Å²) in [6.45, 7) is 5.79. The van der Waals surface area contributed by atoms with Gasteiger partial charge in [-0.2, -0.15) is 5.26 Å². The van der Waals surface area contributed by atoms with Crippen LogP contribution in [-0.4, -0.2) is 10.8 Å². The number of amides is 1. The summed E-state index contributed by atoms with van der Waals surface area (Å²) in [6.07, 6.45) is 1.35. The molecule has 0 aliphatic rings. The van der Waals surface area contributed by atoms with Crippen LogP contribution < -0.4 is 5.32 Å². The zero-order valence-electron chi connectivity index (χ0n) is 17.9. The number of carbonyl (C=O) groups is 1. The van der Waals surface area contributed by atoms with Crippen molar-refractivity contribution >= 4 is 35.1 Å². The molecule has 0 saturated heterocycles. The van der Waals surface area contributed by atoms with Crippen molar-refractivity contribution in [3.63, 3.8) is 0 Å². The number of hydrogen-bond donors (Lipinski definition) is 1. The van der Waals surface area contributed by atoms with E-state index in [0.717, 1.165) is 21.6 Å². The van der Waals surface area contributed by atoms with Crippen molar-refractivity contribution in [2.24, 2.45) is 0 Å². The van der Waals surface area contributed by atoms with Crippen molar-refractivity contribution < 1.29 is 9.72 Å². The van der Waals surface area contributed by atoms with Crippen LogP contribution in [0.1, 0.15) is 22.3 Å². The third kappa shape index (κ3) is 5.42. The molecule has 6 nitrogen and oxygen atoms in total. The summed E-state index contributed by atoms with van der Waals surface area (Å²) in [5, 5.41) is 23.9. The molecule has 3 aromatic carbocycles. The van der Waals surface area contributed by atoms with Crippen molar-refractivity contribution in [3.05, 3.63) is 98.6 Å². The van der Waals surface area contributed by atoms with Crippen molar-refractivity contribution in [1.29, 1.82) is 5.26 Å². The van der Waals surface area contributed by atoms with Crippen LogP contribution in [0.5, 0.6) is 0 Å². The molecular weight excluding hydrogens is 422 g/mol. The van der Waals surface area contributed by atoms with Crippen LogP contribution in [-0.2, 0) is 4.79 Å². The van der Waals surface area contributed by atoms with E-state index in [1.54, 1.807) is 18.2 Å². The minimum Gasteiger partial charge on any atom is -0.321 e. The monoisotopic (exact) mass is 443 g/mol. The van der Waals surface area contributed by atoms with Crippen LogP contribution in [0.4, 0.5) is 11.4 Å². The Labute approximate surface area is 190 Å². The summed E-state index contributed by atoms with van der Waals surface area (Å²) < 4.78 is 0. The first-order chi connectivity index (χ1) is 15.3. The first kappa shape index (κ1) is 22.8. The number of nitrogens with one attached hydrogen (secondary N) is 1. The number of carbonyl (C=O) groups excluding carboxylic acids is 1. The molecule has 0 bridgehead atoms. The lowest BCUT2D eigenvalue weighted by Crippen LogP contribution is -2.14. The molecule has 160 valence electrons. The molecule has 0 unspecified atom stereocenters. The Hall–Kier alpha value is -3.89. The van der Waals surface area contributed by atoms with Gasteiger partial charge in [-0.25, -0.2) is 0 Å². The van der Waals surface area contributed by atoms with Gasteiger partial charge in [-0.05, 0) is 67.8 Å². The largest absolute Gasteiger partial charge is 0.321 e. The smallest absolute Gasteiger partial charge is 0.283 e. The summed E-state index contributed by atoms with van der Waals surface area (Å²) in [6, 6.07) is 19.8. The molecule has 1 amide bonds. The highest BCUT2D eigenvalue weighted by Gasteiger charge is 2.17. The van der Waals surface area contributed by atoms with E-state index in [4.69, 9.17) is 0 Å². The molecule has 32 heavy (non-hydrogen) atoms. The quantitative estimate of drug-likeness (QED) is 0.211. The first-order valence-electron chi connectivity index (χ1n) is 9.81. The van der Waals surface area contributed by atoms with Gasteiger partial charge in [0.05, 0.1) is 9.82 Å². The predicted octanol–water partition coefficient (Wildman–Crippen LogP) is 6.22. The van der Waals surface area contributed by atoms with Crippen LogP contribution in [0.15, 0.2) is 76.0 Å². The van der Waals surface area contributed by atoms with E-state index in [1.807, 2.05) is 63.2 Å². The third-order valence-corrected chi connectivity index (χ3v) is 6.03. The molecule has 0 aliphatic heterocycles. The van der Waals surface area contributed by atoms with Crippen molar-refractivity contribution in [2.75, 3.05) is 5.32 Å². The van der Waals surface area contributed by atoms with Gasteiger partial charge in [0.2, 0.25) is 0 Å². The molecular formula is C25H21N3O3S. The van der Waals surface area contributed by atoms with Gasteiger partial charge in [-0.3, -0.25) is 14.9 Å². The number of benzene rings is 3. The standard InChI is InChI=1S/C25H21N3O3S/c1-16-7-10-21(11-8-16)32-24-12-9-19(14-23(24)28(30)31)13-20(15-26)25(29)27-22-6-4-5-17(2)18(22)3/h4-14H,1-3H3,(H,27,29)/b20-13+. The maximum absolute atomic E-state index is 12.6. The molecule has 0 atom stereocenters. The molecule has 3 aromatic rings. The Kier molecular flexibility index (Phi) is 7.08. The predicted molar refractivity (Wildman–Crippen MR) is 127 cm³/mol. The normalized spacial score (nSPS) is 11.0. The van der Waals surface area contributed by atoms with Crippen LogP contribution in [0.25, 0.3) is 6.08 Å². The molecule has 1 N–H and O–H groups in total. The lowest BCUT2D eigenvalue weighted by atomic mass is 10.1. The number of nitro benzene ring substituents is 1. The molecule has 0 radical (unpaired) electrons. The Morgan fingerprint density at radius 1 is 1.09 bits per heavy atom. The number of nitro groups is 1. The van der Waals surface area contributed by atoms with E-state index in [-0.39, 0.29) is 11.3 Å². The minimum absolute atomic E-state index is 0.0865. The van der Waals surface area contributed by atoms with Crippen LogP contribution in [0, 0.1) is 42.2 Å². The van der Waals surface area contributed by atoms with E-state index < -0.39 is 10.8 Å². The third-order valence-electron chi connectivity index (χ3n) is 4.96. The van der Waals surface area contributed by atoms with Crippen molar-refractivity contribution in [3.8, 4) is 6.07 Å². The van der Waals surface area contributed by atoms with Crippen LogP contribution >= 0.6 is 11.8 Å². The fourth-order valence-electron chi connectivity index (χ4n) is 2.98. The maximum Gasteiger partial charge on any atom is 0.283 e. The van der Waals surface area contributed by atoms with E-state index in [2.05, 4.69) is 5.32 Å². The highest BCUT2D eigenvalue weighted by Crippen LogP contribution is 2.36. The number of hydrogen-bond acceptors (Lipinski definition) is 5. The summed E-state index contributed by atoms with van der Waals surface area (Å²) >= 11 is 1.29.